The van der Waals surface area contributed by atoms with E-state index >= 15 is 0 Å². The smallest absolute Gasteiger partial charge is 0.174 e. The van der Waals surface area contributed by atoms with Gasteiger partial charge in [-0.05, 0) is 106 Å². The minimum absolute atomic E-state index is 0.475. The van der Waals surface area contributed by atoms with Crippen molar-refractivity contribution >= 4 is 0 Å². The monoisotopic (exact) mass is 406 g/mol. The Morgan fingerprint density at radius 2 is 1.24 bits per heavy atom. The first kappa shape index (κ1) is 23.0. The first-order chi connectivity index (χ1) is 14.0. The van der Waals surface area contributed by atoms with Crippen molar-refractivity contribution in [2.24, 2.45) is 35.5 Å². The molecule has 3 aliphatic rings. The highest BCUT2D eigenvalue weighted by Gasteiger charge is 2.25. The van der Waals surface area contributed by atoms with Gasteiger partial charge in [-0.1, -0.05) is 57.1 Å². The molecular weight excluding hydrogens is 362 g/mol. The van der Waals surface area contributed by atoms with Crippen molar-refractivity contribution in [1.82, 2.24) is 0 Å². The topological polar surface area (TPSA) is 0 Å². The van der Waals surface area contributed by atoms with E-state index in [1.807, 2.05) is 0 Å². The SMILES string of the molecule is C/C(=C\C1CCC(CCC2CCC(C)CC2)CC1)C1CCC(CC=C(F)F)CC1. The molecule has 2 heteroatoms. The summed E-state index contributed by atoms with van der Waals surface area (Å²) in [4.78, 5) is 0. The molecule has 0 aliphatic heterocycles. The third-order valence-corrected chi connectivity index (χ3v) is 8.60. The fraction of sp³-hybridized carbons (Fsp3) is 0.852. The second-order valence-corrected chi connectivity index (χ2v) is 10.8. The molecule has 3 fully saturated rings. The van der Waals surface area contributed by atoms with Gasteiger partial charge in [0.1, 0.15) is 0 Å². The summed E-state index contributed by atoms with van der Waals surface area (Å²) in [6.45, 7) is 4.76. The van der Waals surface area contributed by atoms with Crippen LogP contribution in [0.3, 0.4) is 0 Å². The molecule has 0 nitrogen and oxygen atoms in total. The lowest BCUT2D eigenvalue weighted by Gasteiger charge is -2.32. The lowest BCUT2D eigenvalue weighted by molar-refractivity contribution is 0.232. The Morgan fingerprint density at radius 1 is 0.724 bits per heavy atom. The summed E-state index contributed by atoms with van der Waals surface area (Å²) < 4.78 is 24.6. The van der Waals surface area contributed by atoms with Gasteiger partial charge in [0, 0.05) is 0 Å². The van der Waals surface area contributed by atoms with Crippen LogP contribution in [0.25, 0.3) is 0 Å². The van der Waals surface area contributed by atoms with Gasteiger partial charge in [-0.3, -0.25) is 0 Å². The first-order valence-electron chi connectivity index (χ1n) is 12.7. The minimum Gasteiger partial charge on any atom is -0.174 e. The molecule has 3 aliphatic carbocycles. The van der Waals surface area contributed by atoms with Gasteiger partial charge >= 0.3 is 0 Å². The van der Waals surface area contributed by atoms with E-state index in [-0.39, 0.29) is 0 Å². The molecule has 0 saturated heterocycles. The van der Waals surface area contributed by atoms with Crippen molar-refractivity contribution in [3.8, 4) is 0 Å². The zero-order valence-corrected chi connectivity index (χ0v) is 19.0. The molecule has 0 unspecified atom stereocenters. The van der Waals surface area contributed by atoms with Gasteiger partial charge in [0.2, 0.25) is 0 Å². The predicted octanol–water partition coefficient (Wildman–Crippen LogP) is 9.32. The Balaban J connectivity index is 1.33. The Bertz CT molecular complexity index is 521. The number of allylic oxidation sites excluding steroid dienone is 3. The molecule has 0 aromatic heterocycles. The van der Waals surface area contributed by atoms with E-state index in [0.29, 0.717) is 18.3 Å². The van der Waals surface area contributed by atoms with Crippen molar-refractivity contribution in [2.75, 3.05) is 0 Å². The van der Waals surface area contributed by atoms with Crippen LogP contribution in [-0.2, 0) is 0 Å². The van der Waals surface area contributed by atoms with Gasteiger partial charge in [-0.15, -0.1) is 0 Å². The van der Waals surface area contributed by atoms with E-state index in [2.05, 4.69) is 19.9 Å². The molecule has 166 valence electrons. The number of halogens is 2. The molecule has 0 amide bonds. The zero-order valence-electron chi connectivity index (χ0n) is 19.0. The zero-order chi connectivity index (χ0) is 20.6. The summed E-state index contributed by atoms with van der Waals surface area (Å²) in [5.41, 5.74) is 1.59. The molecular formula is C27H44F2. The van der Waals surface area contributed by atoms with Crippen molar-refractivity contribution < 1.29 is 8.78 Å². The highest BCUT2D eigenvalue weighted by Crippen LogP contribution is 2.39. The summed E-state index contributed by atoms with van der Waals surface area (Å²) >= 11 is 0. The Morgan fingerprint density at radius 3 is 1.79 bits per heavy atom. The largest absolute Gasteiger partial charge is 0.266 e. The fourth-order valence-corrected chi connectivity index (χ4v) is 6.35. The second-order valence-electron chi connectivity index (χ2n) is 10.8. The average molecular weight is 407 g/mol. The van der Waals surface area contributed by atoms with Crippen LogP contribution in [-0.4, -0.2) is 0 Å². The van der Waals surface area contributed by atoms with Gasteiger partial charge < -0.3 is 0 Å². The first-order valence-corrected chi connectivity index (χ1v) is 12.7. The van der Waals surface area contributed by atoms with Crippen molar-refractivity contribution in [3.63, 3.8) is 0 Å². The highest BCUT2D eigenvalue weighted by molar-refractivity contribution is 5.08. The standard InChI is InChI=1S/C27H44F2/c1-20-3-5-22(6-4-20)7-8-23-9-11-25(12-10-23)19-21(2)26-16-13-24(14-17-26)15-18-27(28)29/h18-20,22-26H,3-17H2,1-2H3/b21-19+. The van der Waals surface area contributed by atoms with Gasteiger partial charge in [-0.25, -0.2) is 0 Å². The molecule has 0 aromatic carbocycles. The number of rotatable bonds is 7. The summed E-state index contributed by atoms with van der Waals surface area (Å²) in [5, 5.41) is 0. The molecule has 0 aromatic rings. The summed E-state index contributed by atoms with van der Waals surface area (Å²) in [6.07, 6.45) is 21.9. The van der Waals surface area contributed by atoms with Gasteiger partial charge in [-0.2, -0.15) is 8.78 Å². The van der Waals surface area contributed by atoms with E-state index in [0.717, 1.165) is 42.6 Å². The van der Waals surface area contributed by atoms with Crippen LogP contribution in [0.2, 0.25) is 0 Å². The molecule has 0 heterocycles. The molecule has 0 N–H and O–H groups in total. The molecule has 3 saturated carbocycles. The lowest BCUT2D eigenvalue weighted by Crippen LogP contribution is -2.18. The maximum absolute atomic E-state index is 12.3. The lowest BCUT2D eigenvalue weighted by atomic mass is 9.74. The van der Waals surface area contributed by atoms with Crippen molar-refractivity contribution in [2.45, 2.75) is 110 Å². The summed E-state index contributed by atoms with van der Waals surface area (Å²) in [6, 6.07) is 0. The molecule has 3 rings (SSSR count). The normalized spacial score (nSPS) is 36.6. The molecule has 0 radical (unpaired) electrons. The second kappa shape index (κ2) is 11.7. The number of hydrogen-bond donors (Lipinski definition) is 0. The van der Waals surface area contributed by atoms with Crippen LogP contribution in [0.4, 0.5) is 8.78 Å². The van der Waals surface area contributed by atoms with Gasteiger partial charge in [0.15, 0.2) is 0 Å². The Hall–Kier alpha value is -0.660. The van der Waals surface area contributed by atoms with Crippen LogP contribution in [0.15, 0.2) is 23.8 Å². The maximum Gasteiger partial charge on any atom is 0.266 e. The molecule has 0 bridgehead atoms. The predicted molar refractivity (Wildman–Crippen MR) is 120 cm³/mol. The summed E-state index contributed by atoms with van der Waals surface area (Å²) in [5.74, 6) is 4.96. The fourth-order valence-electron chi connectivity index (χ4n) is 6.35. The number of hydrogen-bond acceptors (Lipinski definition) is 0. The average Bonchev–Trinajstić information content (AvgIpc) is 2.73. The van der Waals surface area contributed by atoms with Crippen LogP contribution in [0.5, 0.6) is 0 Å². The van der Waals surface area contributed by atoms with E-state index in [1.165, 1.54) is 77.0 Å². The van der Waals surface area contributed by atoms with Gasteiger partial charge in [0.05, 0.1) is 0 Å². The van der Waals surface area contributed by atoms with Crippen molar-refractivity contribution in [1.29, 1.82) is 0 Å². The van der Waals surface area contributed by atoms with Crippen LogP contribution in [0.1, 0.15) is 110 Å². The third-order valence-electron chi connectivity index (χ3n) is 8.60. The van der Waals surface area contributed by atoms with E-state index in [1.54, 1.807) is 5.57 Å². The molecule has 0 atom stereocenters. The van der Waals surface area contributed by atoms with E-state index in [9.17, 15) is 8.78 Å². The third kappa shape index (κ3) is 7.83. The van der Waals surface area contributed by atoms with Crippen molar-refractivity contribution in [3.05, 3.63) is 23.8 Å². The Kier molecular flexibility index (Phi) is 9.25. The van der Waals surface area contributed by atoms with Gasteiger partial charge in [0.25, 0.3) is 6.08 Å². The van der Waals surface area contributed by atoms with Crippen LogP contribution < -0.4 is 0 Å². The van der Waals surface area contributed by atoms with Crippen LogP contribution >= 0.6 is 0 Å². The maximum atomic E-state index is 12.3. The molecule has 0 spiro atoms. The Labute approximate surface area is 178 Å². The van der Waals surface area contributed by atoms with E-state index in [4.69, 9.17) is 0 Å². The summed E-state index contributed by atoms with van der Waals surface area (Å²) in [7, 11) is 0. The van der Waals surface area contributed by atoms with E-state index < -0.39 is 6.08 Å². The highest BCUT2D eigenvalue weighted by atomic mass is 19.3. The van der Waals surface area contributed by atoms with Crippen LogP contribution in [0, 0.1) is 35.5 Å². The molecule has 29 heavy (non-hydrogen) atoms. The quantitative estimate of drug-likeness (QED) is 0.369. The minimum atomic E-state index is -1.51.